The van der Waals surface area contributed by atoms with Crippen molar-refractivity contribution in [3.63, 3.8) is 0 Å². The minimum Gasteiger partial charge on any atom is -0.461 e. The molecule has 0 aromatic heterocycles. The van der Waals surface area contributed by atoms with Gasteiger partial charge < -0.3 is 80.5 Å². The van der Waals surface area contributed by atoms with Gasteiger partial charge in [0.2, 0.25) is 0 Å². The Hall–Kier alpha value is -9.75. The van der Waals surface area contributed by atoms with E-state index in [1.165, 1.54) is 0 Å². The molecular weight excluding hydrogens is 1480 g/mol. The fourth-order valence-electron chi connectivity index (χ4n) is 14.5. The lowest BCUT2D eigenvalue weighted by atomic mass is 9.95. The summed E-state index contributed by atoms with van der Waals surface area (Å²) in [6.45, 7) is 1.82. The highest BCUT2D eigenvalue weighted by Crippen LogP contribution is 2.40. The average molecular weight is 1580 g/mol. The topological polar surface area (TPSA) is 174 Å². The van der Waals surface area contributed by atoms with Gasteiger partial charge in [0.15, 0.2) is 18.9 Å². The SMILES string of the molecule is O=C(CCCO[C@@H]1OC(COCc2ccccc2)[C@H](O[C@@H]2OC(COCc3ccccc3)[C@H](O[C@@H]3OC(COCc4ccccc4)[C@H](OCc4ccccc4)[C@H](OCc4ccccc4)C3OCc3ccccc3)[C@H](OCc3ccccc3)C2OCc2ccccc2)[C@H](OCc2ccccc2)C1OCc1ccccc1)OCc1ccccc1. The van der Waals surface area contributed by atoms with E-state index in [1.807, 2.05) is 334 Å². The summed E-state index contributed by atoms with van der Waals surface area (Å²) >= 11 is 0. The largest absolute Gasteiger partial charge is 0.461 e. The van der Waals surface area contributed by atoms with Crippen LogP contribution in [0.5, 0.6) is 0 Å². The van der Waals surface area contributed by atoms with Crippen molar-refractivity contribution in [1.82, 2.24) is 0 Å². The predicted octanol–water partition coefficient (Wildman–Crippen LogP) is 17.2. The summed E-state index contributed by atoms with van der Waals surface area (Å²) < 4.78 is 123. The van der Waals surface area contributed by atoms with E-state index in [2.05, 4.69) is 0 Å². The number of rotatable bonds is 44. The predicted molar refractivity (Wildman–Crippen MR) is 441 cm³/mol. The first-order valence-electron chi connectivity index (χ1n) is 40.5. The molecule has 18 heteroatoms. The molecule has 6 unspecified atom stereocenters. The summed E-state index contributed by atoms with van der Waals surface area (Å²) in [5.74, 6) is -0.363. The molecule has 3 aliphatic heterocycles. The van der Waals surface area contributed by atoms with Gasteiger partial charge in [0.1, 0.15) is 79.9 Å². The normalized spacial score (nSPS) is 23.2. The molecule has 117 heavy (non-hydrogen) atoms. The second kappa shape index (κ2) is 45.8. The number of carbonyl (C=O) groups is 1. The molecule has 11 aromatic carbocycles. The number of hydrogen-bond acceptors (Lipinski definition) is 18. The number of hydrogen-bond donors (Lipinski definition) is 0. The molecule has 0 saturated carbocycles. The molecule has 0 bridgehead atoms. The third kappa shape index (κ3) is 25.9. The van der Waals surface area contributed by atoms with Gasteiger partial charge in [0, 0.05) is 6.42 Å². The highest BCUT2D eigenvalue weighted by molar-refractivity contribution is 5.69. The molecule has 0 radical (unpaired) electrons. The zero-order valence-corrected chi connectivity index (χ0v) is 65.8. The van der Waals surface area contributed by atoms with E-state index in [4.69, 9.17) is 80.5 Å². The van der Waals surface area contributed by atoms with E-state index in [0.717, 1.165) is 61.2 Å². The van der Waals surface area contributed by atoms with E-state index >= 15 is 0 Å². The molecule has 3 fully saturated rings. The first-order valence-corrected chi connectivity index (χ1v) is 40.5. The van der Waals surface area contributed by atoms with Crippen LogP contribution in [-0.4, -0.2) is 125 Å². The van der Waals surface area contributed by atoms with Crippen LogP contribution < -0.4 is 0 Å². The van der Waals surface area contributed by atoms with Crippen molar-refractivity contribution < 1.29 is 85.3 Å². The van der Waals surface area contributed by atoms with Crippen molar-refractivity contribution in [3.05, 3.63) is 395 Å². The Bertz CT molecular complexity index is 4520. The number of carbonyl (C=O) groups excluding carboxylic acids is 1. The van der Waals surface area contributed by atoms with E-state index in [9.17, 15) is 4.79 Å². The molecule has 608 valence electrons. The molecule has 0 N–H and O–H groups in total. The number of esters is 1. The maximum Gasteiger partial charge on any atom is 0.306 e. The third-order valence-electron chi connectivity index (χ3n) is 20.6. The maximum absolute atomic E-state index is 13.4. The van der Waals surface area contributed by atoms with E-state index in [0.29, 0.717) is 6.42 Å². The molecule has 3 heterocycles. The van der Waals surface area contributed by atoms with Crippen LogP contribution in [0.1, 0.15) is 74.0 Å². The summed E-state index contributed by atoms with van der Waals surface area (Å²) in [4.78, 5) is 13.4. The molecule has 15 atom stereocenters. The van der Waals surface area contributed by atoms with Gasteiger partial charge in [-0.3, -0.25) is 4.79 Å². The monoisotopic (exact) mass is 1580 g/mol. The van der Waals surface area contributed by atoms with E-state index < -0.39 is 92.1 Å². The van der Waals surface area contributed by atoms with Gasteiger partial charge >= 0.3 is 5.97 Å². The van der Waals surface area contributed by atoms with Gasteiger partial charge in [-0.2, -0.15) is 0 Å². The van der Waals surface area contributed by atoms with E-state index in [1.54, 1.807) is 0 Å². The quantitative estimate of drug-likeness (QED) is 0.0260. The Morgan fingerprint density at radius 2 is 0.436 bits per heavy atom. The minimum atomic E-state index is -1.35. The second-order valence-electron chi connectivity index (χ2n) is 29.3. The summed E-state index contributed by atoms with van der Waals surface area (Å²) in [6.07, 6.45) is -15.4. The standard InChI is InChI=1S/C99H104O18/c100-87(105-62-76-41-18-4-19-42-76)57-34-58-104-97-94(110-67-81-51-28-9-29-52-81)92(108-65-79-47-24-7-25-48-79)89(85(113-97)71-102-60-74-37-14-2-15-38-74)116-99-96(112-69-83-55-32-11-33-56-83)93(109-66-80-49-26-8-27-50-80)90(86(115-99)72-103-61-75-39-16-3-17-40-75)117-98-95(111-68-82-53-30-10-31-54-82)91(107-64-78-45-22-6-23-46-78)88(106-63-77-43-20-5-21-44-77)84(114-98)70-101-59-73-35-12-1-13-36-73/h1-33,35-56,84-86,88-99H,34,57-72H2/t84?,85?,86?,88-,89-,90-,91-,92-,93-,94?,95?,96?,97+,98-,99-/m0/s1. The van der Waals surface area contributed by atoms with Gasteiger partial charge in [0.05, 0.1) is 92.5 Å². The summed E-state index contributed by atoms with van der Waals surface area (Å²) in [7, 11) is 0. The zero-order valence-electron chi connectivity index (χ0n) is 65.8. The van der Waals surface area contributed by atoms with Crippen LogP contribution in [0.15, 0.2) is 334 Å². The number of ether oxygens (including phenoxy) is 17. The van der Waals surface area contributed by atoms with Crippen LogP contribution in [0.2, 0.25) is 0 Å². The maximum atomic E-state index is 13.4. The van der Waals surface area contributed by atoms with Crippen molar-refractivity contribution in [1.29, 1.82) is 0 Å². The van der Waals surface area contributed by atoms with Crippen molar-refractivity contribution in [2.45, 2.75) is 178 Å². The van der Waals surface area contributed by atoms with Crippen molar-refractivity contribution >= 4 is 5.97 Å². The first kappa shape index (κ1) is 83.7. The van der Waals surface area contributed by atoms with Crippen LogP contribution >= 0.6 is 0 Å². The van der Waals surface area contributed by atoms with Crippen molar-refractivity contribution in [3.8, 4) is 0 Å². The van der Waals surface area contributed by atoms with Gasteiger partial charge in [-0.05, 0) is 67.6 Å². The van der Waals surface area contributed by atoms with Crippen molar-refractivity contribution in [2.75, 3.05) is 26.4 Å². The zero-order chi connectivity index (χ0) is 79.5. The molecule has 3 aliphatic rings. The molecule has 11 aromatic rings. The molecule has 0 amide bonds. The lowest BCUT2D eigenvalue weighted by molar-refractivity contribution is -0.395. The lowest BCUT2D eigenvalue weighted by Crippen LogP contribution is -2.68. The summed E-state index contributed by atoms with van der Waals surface area (Å²) in [6, 6.07) is 109. The smallest absolute Gasteiger partial charge is 0.306 e. The Morgan fingerprint density at radius 3 is 0.718 bits per heavy atom. The molecule has 0 aliphatic carbocycles. The van der Waals surface area contributed by atoms with Crippen LogP contribution in [0.4, 0.5) is 0 Å². The van der Waals surface area contributed by atoms with Crippen molar-refractivity contribution in [2.24, 2.45) is 0 Å². The number of benzene rings is 11. The molecule has 3 saturated heterocycles. The summed E-state index contributed by atoms with van der Waals surface area (Å²) in [5, 5.41) is 0. The lowest BCUT2D eigenvalue weighted by Gasteiger charge is -2.52. The molecule has 0 spiro atoms. The van der Waals surface area contributed by atoms with Gasteiger partial charge in [0.25, 0.3) is 0 Å². The first-order chi connectivity index (χ1) is 57.9. The van der Waals surface area contributed by atoms with Crippen LogP contribution in [0, 0.1) is 0 Å². The summed E-state index contributed by atoms with van der Waals surface area (Å²) in [5.41, 5.74) is 10.0. The average Bonchev–Trinajstić information content (AvgIpc) is 0.758. The Kier molecular flexibility index (Phi) is 32.8. The molecular formula is C99H104O18. The Labute approximate surface area is 686 Å². The van der Waals surface area contributed by atoms with Gasteiger partial charge in [-0.1, -0.05) is 334 Å². The minimum absolute atomic E-state index is 0.0312. The van der Waals surface area contributed by atoms with Crippen LogP contribution in [0.25, 0.3) is 0 Å². The molecule has 18 nitrogen and oxygen atoms in total. The van der Waals surface area contributed by atoms with Gasteiger partial charge in [-0.15, -0.1) is 0 Å². The fourth-order valence-corrected chi connectivity index (χ4v) is 14.5. The van der Waals surface area contributed by atoms with Gasteiger partial charge in [-0.25, -0.2) is 0 Å². The van der Waals surface area contributed by atoms with E-state index in [-0.39, 0.29) is 111 Å². The third-order valence-corrected chi connectivity index (χ3v) is 20.6. The Balaban J connectivity index is 0.879. The Morgan fingerprint density at radius 1 is 0.222 bits per heavy atom. The highest BCUT2D eigenvalue weighted by Gasteiger charge is 2.57. The molecule has 14 rings (SSSR count). The fraction of sp³-hybridized carbons (Fsp3) is 0.323. The highest BCUT2D eigenvalue weighted by atomic mass is 16.8. The van der Waals surface area contributed by atoms with Crippen LogP contribution in [0.3, 0.4) is 0 Å². The second-order valence-corrected chi connectivity index (χ2v) is 29.3. The van der Waals surface area contributed by atoms with Crippen LogP contribution in [-0.2, 0) is 158 Å².